The second-order valence-corrected chi connectivity index (χ2v) is 8.37. The van der Waals surface area contributed by atoms with Crippen molar-refractivity contribution in [1.82, 2.24) is 19.3 Å². The van der Waals surface area contributed by atoms with E-state index in [4.69, 9.17) is 0 Å². The number of sulfonamides is 1. The molecular formula is C18H18N6O2S. The molecule has 9 heteroatoms. The molecule has 4 rings (SSSR count). The van der Waals surface area contributed by atoms with E-state index in [1.54, 1.807) is 18.3 Å². The lowest BCUT2D eigenvalue weighted by atomic mass is 10.2. The van der Waals surface area contributed by atoms with Crippen molar-refractivity contribution in [2.75, 3.05) is 25.0 Å². The number of anilines is 1. The van der Waals surface area contributed by atoms with Crippen LogP contribution in [0.2, 0.25) is 0 Å². The van der Waals surface area contributed by atoms with Crippen LogP contribution >= 0.6 is 0 Å². The Bertz CT molecular complexity index is 1130. The Hall–Kier alpha value is -2.96. The monoisotopic (exact) mass is 382 g/mol. The van der Waals surface area contributed by atoms with Gasteiger partial charge in [0.25, 0.3) is 0 Å². The zero-order valence-corrected chi connectivity index (χ0v) is 15.5. The lowest BCUT2D eigenvalue weighted by Gasteiger charge is -2.26. The third kappa shape index (κ3) is 2.93. The maximum absolute atomic E-state index is 13.0. The molecule has 0 amide bonds. The van der Waals surface area contributed by atoms with Crippen LogP contribution in [0.3, 0.4) is 0 Å². The number of nitrogens with zero attached hydrogens (tertiary/aromatic N) is 5. The zero-order valence-electron chi connectivity index (χ0n) is 14.7. The number of rotatable bonds is 4. The molecule has 1 saturated heterocycles. The van der Waals surface area contributed by atoms with E-state index >= 15 is 0 Å². The van der Waals surface area contributed by atoms with Crippen LogP contribution in [0.25, 0.3) is 11.0 Å². The molecule has 8 nitrogen and oxygen atoms in total. The number of nitriles is 1. The first-order valence-electron chi connectivity index (χ1n) is 8.52. The summed E-state index contributed by atoms with van der Waals surface area (Å²) in [4.78, 5) is 13.7. The largest absolute Gasteiger partial charge is 0.355 e. The van der Waals surface area contributed by atoms with E-state index in [-0.39, 0.29) is 16.5 Å². The summed E-state index contributed by atoms with van der Waals surface area (Å²) in [6.45, 7) is 0.743. The maximum Gasteiger partial charge on any atom is 0.244 e. The van der Waals surface area contributed by atoms with Crippen LogP contribution in [0.5, 0.6) is 0 Å². The molecule has 1 fully saturated rings. The first kappa shape index (κ1) is 17.5. The van der Waals surface area contributed by atoms with Crippen molar-refractivity contribution in [2.24, 2.45) is 0 Å². The van der Waals surface area contributed by atoms with Gasteiger partial charge in [0, 0.05) is 32.4 Å². The molecule has 0 aliphatic carbocycles. The number of benzene rings is 1. The minimum atomic E-state index is -3.72. The van der Waals surface area contributed by atoms with Gasteiger partial charge in [-0.2, -0.15) is 9.57 Å². The van der Waals surface area contributed by atoms with Gasteiger partial charge in [-0.05, 0) is 24.6 Å². The van der Waals surface area contributed by atoms with E-state index in [1.165, 1.54) is 22.8 Å². The summed E-state index contributed by atoms with van der Waals surface area (Å²) in [6, 6.07) is 10.2. The molecule has 27 heavy (non-hydrogen) atoms. The van der Waals surface area contributed by atoms with Crippen LogP contribution in [0.1, 0.15) is 12.0 Å². The molecule has 1 aromatic carbocycles. The normalized spacial score (nSPS) is 17.9. The molecule has 1 aliphatic heterocycles. The van der Waals surface area contributed by atoms with Gasteiger partial charge in [-0.3, -0.25) is 0 Å². The summed E-state index contributed by atoms with van der Waals surface area (Å²) in [5.74, 6) is 0.767. The number of hydrogen-bond donors (Lipinski definition) is 1. The van der Waals surface area contributed by atoms with Gasteiger partial charge in [0.05, 0.1) is 15.8 Å². The van der Waals surface area contributed by atoms with Crippen LogP contribution in [0, 0.1) is 11.3 Å². The van der Waals surface area contributed by atoms with E-state index in [1.807, 2.05) is 24.1 Å². The standard InChI is InChI=1S/C18H18N6O2S/c1-23(18-15-6-8-20-17(15)21-12-22-18)14-7-9-24(11-14)27(25,26)16-5-3-2-4-13(16)10-19/h2-6,8,12,14H,7,9,11H2,1H3,(H,20,21,22)/t14-/m1/s1. The SMILES string of the molecule is CN(c1ncnc2[nH]ccc12)[C@@H]1CCN(S(=O)(=O)c2ccccc2C#N)C1. The number of hydrogen-bond acceptors (Lipinski definition) is 6. The van der Waals surface area contributed by atoms with Crippen molar-refractivity contribution in [3.8, 4) is 6.07 Å². The summed E-state index contributed by atoms with van der Waals surface area (Å²) < 4.78 is 27.5. The molecule has 3 aromatic rings. The second kappa shape index (κ2) is 6.64. The van der Waals surface area contributed by atoms with Crippen molar-refractivity contribution in [1.29, 1.82) is 5.26 Å². The Balaban J connectivity index is 1.60. The molecule has 0 unspecified atom stereocenters. The van der Waals surface area contributed by atoms with E-state index in [9.17, 15) is 13.7 Å². The summed E-state index contributed by atoms with van der Waals surface area (Å²) in [6.07, 6.45) is 3.98. The molecular weight excluding hydrogens is 364 g/mol. The first-order chi connectivity index (χ1) is 13.0. The van der Waals surface area contributed by atoms with E-state index in [0.29, 0.717) is 19.5 Å². The predicted octanol–water partition coefficient (Wildman–Crippen LogP) is 1.73. The fraction of sp³-hybridized carbons (Fsp3) is 0.278. The van der Waals surface area contributed by atoms with E-state index in [2.05, 4.69) is 15.0 Å². The van der Waals surface area contributed by atoms with Crippen LogP contribution in [0.4, 0.5) is 5.82 Å². The summed E-state index contributed by atoms with van der Waals surface area (Å²) >= 11 is 0. The van der Waals surface area contributed by atoms with Crippen molar-refractivity contribution in [2.45, 2.75) is 17.4 Å². The Morgan fingerprint density at radius 1 is 1.30 bits per heavy atom. The van der Waals surface area contributed by atoms with Gasteiger partial charge >= 0.3 is 0 Å². The summed E-state index contributed by atoms with van der Waals surface area (Å²) in [5, 5.41) is 10.1. The van der Waals surface area contributed by atoms with Gasteiger partial charge < -0.3 is 9.88 Å². The molecule has 0 spiro atoms. The van der Waals surface area contributed by atoms with E-state index < -0.39 is 10.0 Å². The highest BCUT2D eigenvalue weighted by molar-refractivity contribution is 7.89. The molecule has 0 radical (unpaired) electrons. The van der Waals surface area contributed by atoms with Gasteiger partial charge in [-0.15, -0.1) is 0 Å². The van der Waals surface area contributed by atoms with Gasteiger partial charge in [0.15, 0.2) is 0 Å². The van der Waals surface area contributed by atoms with Gasteiger partial charge in [-0.1, -0.05) is 12.1 Å². The average Bonchev–Trinajstić information content (AvgIpc) is 3.36. The second-order valence-electron chi connectivity index (χ2n) is 6.46. The number of aromatic nitrogens is 3. The Kier molecular flexibility index (Phi) is 4.30. The quantitative estimate of drug-likeness (QED) is 0.737. The Labute approximate surface area is 157 Å². The number of fused-ring (bicyclic) bond motifs is 1. The number of H-pyrrole nitrogens is 1. The van der Waals surface area contributed by atoms with Gasteiger partial charge in [0.2, 0.25) is 10.0 Å². The summed E-state index contributed by atoms with van der Waals surface area (Å²) in [7, 11) is -1.80. The Morgan fingerprint density at radius 2 is 2.11 bits per heavy atom. The van der Waals surface area contributed by atoms with Crippen molar-refractivity contribution < 1.29 is 8.42 Å². The molecule has 3 heterocycles. The highest BCUT2D eigenvalue weighted by Gasteiger charge is 2.36. The van der Waals surface area contributed by atoms with Crippen LogP contribution in [-0.4, -0.2) is 53.9 Å². The van der Waals surface area contributed by atoms with Crippen LogP contribution in [0.15, 0.2) is 47.8 Å². The number of aromatic amines is 1. The predicted molar refractivity (Wildman–Crippen MR) is 101 cm³/mol. The molecule has 1 atom stereocenters. The topological polar surface area (TPSA) is 106 Å². The minimum Gasteiger partial charge on any atom is -0.355 e. The number of likely N-dealkylation sites (N-methyl/N-ethyl adjacent to an activating group) is 1. The molecule has 1 aliphatic rings. The number of nitrogens with one attached hydrogen (secondary N) is 1. The molecule has 0 bridgehead atoms. The maximum atomic E-state index is 13.0. The smallest absolute Gasteiger partial charge is 0.244 e. The van der Waals surface area contributed by atoms with Crippen LogP contribution in [-0.2, 0) is 10.0 Å². The van der Waals surface area contributed by atoms with Crippen molar-refractivity contribution in [3.63, 3.8) is 0 Å². The Morgan fingerprint density at radius 3 is 2.93 bits per heavy atom. The van der Waals surface area contributed by atoms with Crippen molar-refractivity contribution >= 4 is 26.9 Å². The van der Waals surface area contributed by atoms with E-state index in [0.717, 1.165) is 16.9 Å². The summed E-state index contributed by atoms with van der Waals surface area (Å²) in [5.41, 5.74) is 0.913. The van der Waals surface area contributed by atoms with Crippen molar-refractivity contribution in [3.05, 3.63) is 48.4 Å². The van der Waals surface area contributed by atoms with Gasteiger partial charge in [-0.25, -0.2) is 18.4 Å². The highest BCUT2D eigenvalue weighted by Crippen LogP contribution is 2.29. The average molecular weight is 382 g/mol. The molecule has 138 valence electrons. The molecule has 1 N–H and O–H groups in total. The lowest BCUT2D eigenvalue weighted by molar-refractivity contribution is 0.470. The zero-order chi connectivity index (χ0) is 19.0. The van der Waals surface area contributed by atoms with Gasteiger partial charge in [0.1, 0.15) is 23.9 Å². The third-order valence-electron chi connectivity index (χ3n) is 4.97. The lowest BCUT2D eigenvalue weighted by Crippen LogP contribution is -2.37. The molecule has 2 aromatic heterocycles. The van der Waals surface area contributed by atoms with Crippen LogP contribution < -0.4 is 4.90 Å². The minimum absolute atomic E-state index is 0.0120. The fourth-order valence-electron chi connectivity index (χ4n) is 3.48. The molecule has 0 saturated carbocycles. The first-order valence-corrected chi connectivity index (χ1v) is 9.96. The fourth-order valence-corrected chi connectivity index (χ4v) is 5.12. The highest BCUT2D eigenvalue weighted by atomic mass is 32.2. The third-order valence-corrected chi connectivity index (χ3v) is 6.89.